The number of phosphoric acid groups is 2. The monoisotopic (exact) mass is 895 g/mol. The van der Waals surface area contributed by atoms with Crippen LogP contribution in [-0.2, 0) is 41.8 Å². The van der Waals surface area contributed by atoms with E-state index in [2.05, 4.69) is 22.9 Å². The van der Waals surface area contributed by atoms with Gasteiger partial charge in [0.15, 0.2) is 6.10 Å². The number of allylic oxidation sites excluding steroid dienone is 7. The maximum atomic E-state index is 12.7. The highest BCUT2D eigenvalue weighted by atomic mass is 31.2. The Morgan fingerprint density at radius 3 is 1.65 bits per heavy atom. The number of unbranched alkanes of at least 4 members (excludes halogenated alkanes) is 17. The number of esters is 2. The predicted molar refractivity (Wildman–Crippen MR) is 236 cm³/mol. The molecule has 0 heterocycles. The fourth-order valence-electron chi connectivity index (χ4n) is 5.86. The second-order valence-electron chi connectivity index (χ2n) is 15.2. The molecule has 0 rings (SSSR count). The van der Waals surface area contributed by atoms with Crippen LogP contribution in [0.5, 0.6) is 0 Å². The Bertz CT molecular complexity index is 1270. The highest BCUT2D eigenvalue weighted by molar-refractivity contribution is 7.47. The highest BCUT2D eigenvalue weighted by Crippen LogP contribution is 2.43. The van der Waals surface area contributed by atoms with Gasteiger partial charge in [0.1, 0.15) is 12.7 Å². The molecule has 0 aliphatic rings. The maximum absolute atomic E-state index is 12.7. The van der Waals surface area contributed by atoms with Crippen molar-refractivity contribution in [2.75, 3.05) is 26.4 Å². The Labute approximate surface area is 361 Å². The largest absolute Gasteiger partial charge is 0.472 e. The molecule has 0 aromatic carbocycles. The van der Waals surface area contributed by atoms with E-state index in [1.54, 1.807) is 0 Å². The molecule has 0 aliphatic heterocycles. The molecule has 350 valence electrons. The molecular weight excluding hydrogens is 814 g/mol. The van der Waals surface area contributed by atoms with Crippen LogP contribution >= 0.6 is 15.6 Å². The molecule has 0 radical (unpaired) electrons. The van der Waals surface area contributed by atoms with Gasteiger partial charge in [-0.2, -0.15) is 0 Å². The van der Waals surface area contributed by atoms with E-state index in [9.17, 15) is 33.8 Å². The quantitative estimate of drug-likeness (QED) is 0.0127. The number of hydrogen-bond donors (Lipinski definition) is 5. The van der Waals surface area contributed by atoms with E-state index in [1.807, 2.05) is 48.6 Å². The lowest BCUT2D eigenvalue weighted by atomic mass is 10.0. The van der Waals surface area contributed by atoms with E-state index < -0.39 is 72.3 Å². The maximum Gasteiger partial charge on any atom is 0.472 e. The van der Waals surface area contributed by atoms with Gasteiger partial charge >= 0.3 is 27.6 Å². The normalized spacial score (nSPS) is 15.0. The van der Waals surface area contributed by atoms with Gasteiger partial charge in [0.25, 0.3) is 0 Å². The average molecular weight is 895 g/mol. The van der Waals surface area contributed by atoms with Crippen LogP contribution in [-0.4, -0.2) is 81.6 Å². The molecule has 0 saturated heterocycles. The molecule has 0 amide bonds. The predicted octanol–water partition coefficient (Wildman–Crippen LogP) is 10.4. The summed E-state index contributed by atoms with van der Waals surface area (Å²) < 4.78 is 47.7. The third-order valence-electron chi connectivity index (χ3n) is 9.31. The van der Waals surface area contributed by atoms with Crippen LogP contribution in [0.1, 0.15) is 174 Å². The molecule has 4 atom stereocenters. The van der Waals surface area contributed by atoms with E-state index in [-0.39, 0.29) is 12.8 Å². The van der Waals surface area contributed by atoms with Crippen molar-refractivity contribution in [1.29, 1.82) is 0 Å². The Morgan fingerprint density at radius 2 is 1.05 bits per heavy atom. The van der Waals surface area contributed by atoms with Crippen LogP contribution in [0, 0.1) is 0 Å². The number of ether oxygens (including phenoxy) is 2. The number of aliphatic hydroxyl groups excluding tert-OH is 2. The van der Waals surface area contributed by atoms with Gasteiger partial charge in [0.05, 0.1) is 25.9 Å². The van der Waals surface area contributed by atoms with Gasteiger partial charge in [-0.05, 0) is 38.5 Å². The summed E-state index contributed by atoms with van der Waals surface area (Å²) in [6, 6.07) is 0. The molecule has 0 saturated carbocycles. The standard InChI is InChI=1S/C44H80O14P2/c1-3-5-7-8-9-10-11-12-13-14-17-21-24-27-31-35-44(48)58-42(39-57-60(52,53)56-37-41(46)36-55-59(49,50)51)38-54-43(47)34-30-26-23-20-18-15-16-19-22-25-29-33-40(45)32-28-6-4-2/h15-16,20,22-23,25,29,33,40-42,45-46H,3-14,17-19,21,24,26-28,30-32,34-39H2,1-2H3,(H,52,53)(H2,49,50,51)/b16-15-,23-20-,25-22-,33-29+/t40-,41+,42-/m1/s1. The van der Waals surface area contributed by atoms with Gasteiger partial charge in [-0.15, -0.1) is 0 Å². The van der Waals surface area contributed by atoms with Gasteiger partial charge in [-0.3, -0.25) is 23.2 Å². The molecule has 1 unspecified atom stereocenters. The third-order valence-corrected chi connectivity index (χ3v) is 10.8. The molecule has 0 aromatic heterocycles. The van der Waals surface area contributed by atoms with Crippen molar-refractivity contribution in [3.05, 3.63) is 48.6 Å². The fourth-order valence-corrected chi connectivity index (χ4v) is 7.02. The van der Waals surface area contributed by atoms with Crippen LogP contribution < -0.4 is 0 Å². The Kier molecular flexibility index (Phi) is 38.6. The number of rotatable bonds is 42. The minimum Gasteiger partial charge on any atom is -0.462 e. The second-order valence-corrected chi connectivity index (χ2v) is 17.9. The van der Waals surface area contributed by atoms with Gasteiger partial charge in [0.2, 0.25) is 0 Å². The molecular formula is C44H80O14P2. The van der Waals surface area contributed by atoms with Crippen LogP contribution in [0.2, 0.25) is 0 Å². The first-order valence-corrected chi connectivity index (χ1v) is 25.5. The minimum absolute atomic E-state index is 0.0998. The van der Waals surface area contributed by atoms with Crippen molar-refractivity contribution in [3.63, 3.8) is 0 Å². The van der Waals surface area contributed by atoms with Gasteiger partial charge in [0, 0.05) is 12.8 Å². The van der Waals surface area contributed by atoms with Crippen molar-refractivity contribution in [2.24, 2.45) is 0 Å². The van der Waals surface area contributed by atoms with Crippen molar-refractivity contribution >= 4 is 27.6 Å². The smallest absolute Gasteiger partial charge is 0.462 e. The lowest BCUT2D eigenvalue weighted by Gasteiger charge is -2.20. The average Bonchev–Trinajstić information content (AvgIpc) is 3.20. The van der Waals surface area contributed by atoms with E-state index in [4.69, 9.17) is 23.8 Å². The summed E-state index contributed by atoms with van der Waals surface area (Å²) in [6.45, 7) is 1.57. The van der Waals surface area contributed by atoms with E-state index >= 15 is 0 Å². The number of carbonyl (C=O) groups is 2. The minimum atomic E-state index is -4.87. The summed E-state index contributed by atoms with van der Waals surface area (Å²) in [4.78, 5) is 52.7. The first-order chi connectivity index (χ1) is 28.8. The lowest BCUT2D eigenvalue weighted by molar-refractivity contribution is -0.161. The molecule has 0 fully saturated rings. The Balaban J connectivity index is 4.62. The van der Waals surface area contributed by atoms with Crippen LogP contribution in [0.25, 0.3) is 0 Å². The van der Waals surface area contributed by atoms with E-state index in [1.165, 1.54) is 70.6 Å². The van der Waals surface area contributed by atoms with E-state index in [0.717, 1.165) is 57.8 Å². The van der Waals surface area contributed by atoms with Gasteiger partial charge < -0.3 is 34.4 Å². The lowest BCUT2D eigenvalue weighted by Crippen LogP contribution is -2.30. The van der Waals surface area contributed by atoms with Crippen LogP contribution in [0.15, 0.2) is 48.6 Å². The second kappa shape index (κ2) is 39.9. The fraction of sp³-hybridized carbons (Fsp3) is 0.773. The molecule has 14 nitrogen and oxygen atoms in total. The zero-order valence-corrected chi connectivity index (χ0v) is 38.5. The van der Waals surface area contributed by atoms with Crippen molar-refractivity contribution in [1.82, 2.24) is 0 Å². The van der Waals surface area contributed by atoms with Gasteiger partial charge in [-0.1, -0.05) is 172 Å². The number of hydrogen-bond acceptors (Lipinski definition) is 11. The van der Waals surface area contributed by atoms with Crippen molar-refractivity contribution in [3.8, 4) is 0 Å². The number of phosphoric ester groups is 2. The van der Waals surface area contributed by atoms with Crippen LogP contribution in [0.3, 0.4) is 0 Å². The topological polar surface area (TPSA) is 216 Å². The first-order valence-electron chi connectivity index (χ1n) is 22.4. The zero-order valence-electron chi connectivity index (χ0n) is 36.7. The van der Waals surface area contributed by atoms with Crippen molar-refractivity contribution in [2.45, 2.75) is 193 Å². The third kappa shape index (κ3) is 42.7. The summed E-state index contributed by atoms with van der Waals surface area (Å²) >= 11 is 0. The number of aliphatic hydroxyl groups is 2. The summed E-state index contributed by atoms with van der Waals surface area (Å²) in [6.07, 6.45) is 37.2. The summed E-state index contributed by atoms with van der Waals surface area (Å²) in [5.74, 6) is -1.12. The molecule has 0 aliphatic carbocycles. The van der Waals surface area contributed by atoms with E-state index in [0.29, 0.717) is 19.3 Å². The highest BCUT2D eigenvalue weighted by Gasteiger charge is 2.28. The van der Waals surface area contributed by atoms with Gasteiger partial charge in [-0.25, -0.2) is 9.13 Å². The first kappa shape index (κ1) is 58.0. The molecule has 0 aromatic rings. The molecule has 5 N–H and O–H groups in total. The number of carbonyl (C=O) groups excluding carboxylic acids is 2. The Hall–Kier alpha value is -1.96. The Morgan fingerprint density at radius 1 is 0.550 bits per heavy atom. The molecule has 0 spiro atoms. The summed E-state index contributed by atoms with van der Waals surface area (Å²) in [5, 5.41) is 19.6. The SMILES string of the molecule is CCCCCCCCCCCCCCCCCC(=O)O[C@H](COC(=O)CCC/C=C\C/C=C\C/C=C\C=C\[C@H](O)CCCCC)COP(=O)(O)OC[C@@H](O)COP(=O)(O)O. The van der Waals surface area contributed by atoms with Crippen LogP contribution in [0.4, 0.5) is 0 Å². The summed E-state index contributed by atoms with van der Waals surface area (Å²) in [5.41, 5.74) is 0. The molecule has 0 bridgehead atoms. The zero-order chi connectivity index (χ0) is 44.6. The summed E-state index contributed by atoms with van der Waals surface area (Å²) in [7, 11) is -9.70. The molecule has 16 heteroatoms. The molecule has 60 heavy (non-hydrogen) atoms. The van der Waals surface area contributed by atoms with Crippen molar-refractivity contribution < 1.29 is 66.7 Å².